The molecule has 1 amide bonds. The quantitative estimate of drug-likeness (QED) is 0.126. The van der Waals surface area contributed by atoms with Crippen LogP contribution in [0, 0.1) is 5.92 Å². The molecule has 12 N–H and O–H groups in total. The lowest BCUT2D eigenvalue weighted by Crippen LogP contribution is -2.35. The minimum atomic E-state index is -1.02. The molecule has 252 valence electrons. The zero-order valence-electron chi connectivity index (χ0n) is 25.9. The Morgan fingerprint density at radius 1 is 0.733 bits per heavy atom. The van der Waals surface area contributed by atoms with E-state index in [1.165, 1.54) is 12.1 Å². The molecule has 0 aliphatic rings. The van der Waals surface area contributed by atoms with Gasteiger partial charge in [-0.2, -0.15) is 0 Å². The number of hydrogen-bond acceptors (Lipinski definition) is 9. The lowest BCUT2D eigenvalue weighted by molar-refractivity contribution is -0.141. The van der Waals surface area contributed by atoms with Gasteiger partial charge in [-0.05, 0) is 54.9 Å². The van der Waals surface area contributed by atoms with Crippen LogP contribution in [0.3, 0.4) is 0 Å². The van der Waals surface area contributed by atoms with Crippen LogP contribution in [0.4, 0.5) is 0 Å². The first-order chi connectivity index (χ1) is 21.0. The van der Waals surface area contributed by atoms with E-state index >= 15 is 0 Å². The first kappa shape index (κ1) is 42.6. The molecule has 0 aliphatic heterocycles. The Hall–Kier alpha value is -4.53. The van der Waals surface area contributed by atoms with E-state index in [-0.39, 0.29) is 12.2 Å². The summed E-state index contributed by atoms with van der Waals surface area (Å²) in [6, 6.07) is 12.6. The van der Waals surface area contributed by atoms with Crippen LogP contribution in [0.15, 0.2) is 54.6 Å². The second-order valence-corrected chi connectivity index (χ2v) is 10.3. The number of amides is 1. The fourth-order valence-corrected chi connectivity index (χ4v) is 3.31. The van der Waals surface area contributed by atoms with Gasteiger partial charge in [0.15, 0.2) is 0 Å². The molecular formula is C31H48N4O10. The maximum absolute atomic E-state index is 10.4. The maximum atomic E-state index is 10.4. The number of phenols is 1. The number of benzene rings is 2. The molecule has 2 aromatic carbocycles. The predicted octanol–water partition coefficient (Wildman–Crippen LogP) is 1.81. The van der Waals surface area contributed by atoms with Gasteiger partial charge in [0, 0.05) is 0 Å². The SMILES string of the molecule is CC(C)CC(N)C(=O)O.CCCCC(NC=O)C(=O)O.NC(Cc1ccc(O)cc1)C(=O)O.NC(Cc1ccccc1)C(=O)O. The van der Waals surface area contributed by atoms with E-state index in [0.29, 0.717) is 31.6 Å². The van der Waals surface area contributed by atoms with Crippen molar-refractivity contribution in [1.82, 2.24) is 5.32 Å². The van der Waals surface area contributed by atoms with Crippen molar-refractivity contribution in [3.63, 3.8) is 0 Å². The maximum Gasteiger partial charge on any atom is 0.326 e. The third-order valence-corrected chi connectivity index (χ3v) is 5.78. The van der Waals surface area contributed by atoms with Gasteiger partial charge < -0.3 is 48.1 Å². The highest BCUT2D eigenvalue weighted by atomic mass is 16.4. The van der Waals surface area contributed by atoms with Crippen LogP contribution in [0.5, 0.6) is 5.75 Å². The van der Waals surface area contributed by atoms with Gasteiger partial charge in [-0.15, -0.1) is 0 Å². The molecule has 0 bridgehead atoms. The topological polar surface area (TPSA) is 277 Å². The number of carboxylic acid groups (broad SMARTS) is 4. The Labute approximate surface area is 263 Å². The van der Waals surface area contributed by atoms with Crippen molar-refractivity contribution in [3.8, 4) is 5.75 Å². The van der Waals surface area contributed by atoms with E-state index in [2.05, 4.69) is 5.32 Å². The summed E-state index contributed by atoms with van der Waals surface area (Å²) in [4.78, 5) is 51.2. The molecule has 0 saturated heterocycles. The summed E-state index contributed by atoms with van der Waals surface area (Å²) in [6.07, 6.45) is 3.89. The third-order valence-electron chi connectivity index (χ3n) is 5.78. The summed E-state index contributed by atoms with van der Waals surface area (Å²) < 4.78 is 0. The summed E-state index contributed by atoms with van der Waals surface area (Å²) in [5.41, 5.74) is 17.6. The number of carbonyl (C=O) groups excluding carboxylic acids is 1. The average Bonchev–Trinajstić information content (AvgIpc) is 2.97. The highest BCUT2D eigenvalue weighted by Gasteiger charge is 2.15. The molecule has 0 saturated carbocycles. The summed E-state index contributed by atoms with van der Waals surface area (Å²) in [5.74, 6) is -3.34. The zero-order chi connectivity index (χ0) is 34.9. The summed E-state index contributed by atoms with van der Waals surface area (Å²) in [6.45, 7) is 5.87. The van der Waals surface area contributed by atoms with E-state index in [0.717, 1.165) is 24.0 Å². The molecule has 0 aliphatic carbocycles. The highest BCUT2D eigenvalue weighted by molar-refractivity contribution is 5.76. The van der Waals surface area contributed by atoms with Crippen LogP contribution in [-0.2, 0) is 36.8 Å². The van der Waals surface area contributed by atoms with Crippen molar-refractivity contribution in [3.05, 3.63) is 65.7 Å². The van der Waals surface area contributed by atoms with Gasteiger partial charge in [0.1, 0.15) is 29.9 Å². The number of hydrogen-bond donors (Lipinski definition) is 9. The molecule has 4 atom stereocenters. The Morgan fingerprint density at radius 2 is 1.18 bits per heavy atom. The van der Waals surface area contributed by atoms with Gasteiger partial charge in [-0.3, -0.25) is 19.2 Å². The summed E-state index contributed by atoms with van der Waals surface area (Å²) in [5, 5.41) is 45.0. The van der Waals surface area contributed by atoms with E-state index < -0.39 is 48.0 Å². The van der Waals surface area contributed by atoms with Crippen LogP contribution in [0.2, 0.25) is 0 Å². The smallest absolute Gasteiger partial charge is 0.326 e. The van der Waals surface area contributed by atoms with Crippen molar-refractivity contribution in [1.29, 1.82) is 0 Å². The number of unbranched alkanes of at least 4 members (excludes halogenated alkanes) is 1. The Morgan fingerprint density at radius 3 is 1.51 bits per heavy atom. The molecule has 0 spiro atoms. The fourth-order valence-electron chi connectivity index (χ4n) is 3.31. The van der Waals surface area contributed by atoms with E-state index in [9.17, 15) is 24.0 Å². The Bertz CT molecular complexity index is 1130. The molecule has 2 rings (SSSR count). The second-order valence-electron chi connectivity index (χ2n) is 10.3. The highest BCUT2D eigenvalue weighted by Crippen LogP contribution is 2.10. The van der Waals surface area contributed by atoms with Gasteiger partial charge in [0.25, 0.3) is 0 Å². The number of nitrogens with two attached hydrogens (primary N) is 3. The Balaban J connectivity index is 0. The first-order valence-electron chi connectivity index (χ1n) is 14.2. The normalized spacial score (nSPS) is 12.6. The van der Waals surface area contributed by atoms with Crippen molar-refractivity contribution < 1.29 is 49.5 Å². The summed E-state index contributed by atoms with van der Waals surface area (Å²) in [7, 11) is 0. The number of nitrogens with one attached hydrogen (secondary N) is 1. The lowest BCUT2D eigenvalue weighted by atomic mass is 10.1. The number of carbonyl (C=O) groups is 5. The standard InChI is InChI=1S/C9H11NO3.C9H11NO2.C7H13NO3.C6H13NO2/c10-8(9(12)13)5-6-1-3-7(11)4-2-6;10-8(9(11)12)6-7-4-2-1-3-5-7;1-2-3-4-6(7(10)11)8-5-9;1-4(2)3-5(7)6(8)9/h1-4,8,11H,5,10H2,(H,12,13);1-5,8H,6,10H2,(H,11,12);5-6H,2-4H2,1H3,(H,8,9)(H,10,11);4-5H,3,7H2,1-2H3,(H,8,9). The minimum absolute atomic E-state index is 0.160. The summed E-state index contributed by atoms with van der Waals surface area (Å²) >= 11 is 0. The molecule has 4 unspecified atom stereocenters. The number of carboxylic acids is 4. The number of aliphatic carboxylic acids is 4. The van der Waals surface area contributed by atoms with Crippen LogP contribution in [-0.4, -0.2) is 80.0 Å². The van der Waals surface area contributed by atoms with E-state index in [1.54, 1.807) is 12.1 Å². The lowest BCUT2D eigenvalue weighted by Gasteiger charge is -2.08. The van der Waals surface area contributed by atoms with Gasteiger partial charge in [0.05, 0.1) is 0 Å². The third kappa shape index (κ3) is 23.6. The van der Waals surface area contributed by atoms with Crippen LogP contribution < -0.4 is 22.5 Å². The second kappa shape index (κ2) is 24.9. The molecule has 45 heavy (non-hydrogen) atoms. The van der Waals surface area contributed by atoms with Crippen molar-refractivity contribution in [2.24, 2.45) is 23.1 Å². The predicted molar refractivity (Wildman–Crippen MR) is 168 cm³/mol. The monoisotopic (exact) mass is 636 g/mol. The van der Waals surface area contributed by atoms with E-state index in [1.807, 2.05) is 51.1 Å². The van der Waals surface area contributed by atoms with Crippen molar-refractivity contribution in [2.45, 2.75) is 83.5 Å². The van der Waals surface area contributed by atoms with Crippen LogP contribution in [0.1, 0.15) is 57.6 Å². The van der Waals surface area contributed by atoms with Crippen LogP contribution in [0.25, 0.3) is 0 Å². The Kier molecular flexibility index (Phi) is 23.5. The number of phenolic OH excluding ortho intramolecular Hbond substituents is 1. The zero-order valence-corrected chi connectivity index (χ0v) is 25.9. The molecule has 14 nitrogen and oxygen atoms in total. The van der Waals surface area contributed by atoms with Gasteiger partial charge in [-0.1, -0.05) is 76.1 Å². The van der Waals surface area contributed by atoms with E-state index in [4.69, 9.17) is 42.7 Å². The first-order valence-corrected chi connectivity index (χ1v) is 14.2. The number of aromatic hydroxyl groups is 1. The van der Waals surface area contributed by atoms with Gasteiger partial charge in [-0.25, -0.2) is 4.79 Å². The number of rotatable bonds is 15. The van der Waals surface area contributed by atoms with Gasteiger partial charge >= 0.3 is 23.9 Å². The molecule has 0 radical (unpaired) electrons. The fraction of sp³-hybridized carbons (Fsp3) is 0.452. The average molecular weight is 637 g/mol. The molecule has 2 aromatic rings. The molecule has 0 heterocycles. The molecule has 0 fully saturated rings. The largest absolute Gasteiger partial charge is 0.508 e. The van der Waals surface area contributed by atoms with Crippen molar-refractivity contribution >= 4 is 30.3 Å². The molecular weight excluding hydrogens is 588 g/mol. The molecule has 0 aromatic heterocycles. The minimum Gasteiger partial charge on any atom is -0.508 e. The molecule has 14 heteroatoms. The van der Waals surface area contributed by atoms with Gasteiger partial charge in [0.2, 0.25) is 6.41 Å². The van der Waals surface area contributed by atoms with Crippen LogP contribution >= 0.6 is 0 Å². The van der Waals surface area contributed by atoms with Crippen molar-refractivity contribution in [2.75, 3.05) is 0 Å².